The standard InChI is InChI=1S/C22H31N3O5S2/c1-15-12-25(16(2)14-26)22(27)18-11-17(23(3)4)8-9-19(18)30-20(15)13-24(5)32(28,29)21-7-6-10-31-21/h6-11,15-16,20,26H,12-14H2,1-5H3/t15-,16+,20+/m1/s1. The summed E-state index contributed by atoms with van der Waals surface area (Å²) in [4.78, 5) is 16.9. The van der Waals surface area contributed by atoms with Gasteiger partial charge >= 0.3 is 0 Å². The number of likely N-dealkylation sites (N-methyl/N-ethyl adjacent to an activating group) is 1. The van der Waals surface area contributed by atoms with E-state index >= 15 is 0 Å². The Morgan fingerprint density at radius 1 is 1.28 bits per heavy atom. The first-order valence-electron chi connectivity index (χ1n) is 10.5. The zero-order valence-corrected chi connectivity index (χ0v) is 20.7. The molecule has 0 aliphatic carbocycles. The lowest BCUT2D eigenvalue weighted by molar-refractivity contribution is 0.0387. The Kier molecular flexibility index (Phi) is 7.49. The van der Waals surface area contributed by atoms with Crippen LogP contribution in [0.5, 0.6) is 5.75 Å². The van der Waals surface area contributed by atoms with Crippen LogP contribution < -0.4 is 9.64 Å². The highest BCUT2D eigenvalue weighted by atomic mass is 32.2. The number of aliphatic hydroxyl groups is 1. The van der Waals surface area contributed by atoms with E-state index in [-0.39, 0.29) is 35.2 Å². The fourth-order valence-corrected chi connectivity index (χ4v) is 6.01. The van der Waals surface area contributed by atoms with E-state index in [1.165, 1.54) is 15.6 Å². The van der Waals surface area contributed by atoms with Crippen molar-refractivity contribution >= 4 is 33.0 Å². The van der Waals surface area contributed by atoms with Crippen LogP contribution in [0.15, 0.2) is 39.9 Å². The minimum Gasteiger partial charge on any atom is -0.488 e. The topological polar surface area (TPSA) is 90.4 Å². The smallest absolute Gasteiger partial charge is 0.258 e. The average molecular weight is 482 g/mol. The predicted molar refractivity (Wildman–Crippen MR) is 126 cm³/mol. The molecule has 3 atom stereocenters. The number of amides is 1. The molecule has 0 bridgehead atoms. The fourth-order valence-electron chi connectivity index (χ4n) is 3.62. The normalized spacial score (nSPS) is 20.3. The number of aliphatic hydroxyl groups excluding tert-OH is 1. The third kappa shape index (κ3) is 4.93. The lowest BCUT2D eigenvalue weighted by atomic mass is 9.99. The lowest BCUT2D eigenvalue weighted by Crippen LogP contribution is -2.50. The summed E-state index contributed by atoms with van der Waals surface area (Å²) in [5.74, 6) is 0.0277. The van der Waals surface area contributed by atoms with Gasteiger partial charge in [-0.25, -0.2) is 8.42 Å². The van der Waals surface area contributed by atoms with Crippen LogP contribution in [0.4, 0.5) is 5.69 Å². The maximum Gasteiger partial charge on any atom is 0.258 e. The third-order valence-electron chi connectivity index (χ3n) is 5.76. The molecule has 0 radical (unpaired) electrons. The number of hydrogen-bond donors (Lipinski definition) is 1. The Hall–Kier alpha value is -2.14. The van der Waals surface area contributed by atoms with Crippen molar-refractivity contribution in [2.45, 2.75) is 30.2 Å². The van der Waals surface area contributed by atoms with E-state index in [0.29, 0.717) is 17.9 Å². The van der Waals surface area contributed by atoms with Crippen LogP contribution in [-0.2, 0) is 10.0 Å². The van der Waals surface area contributed by atoms with Gasteiger partial charge in [-0.3, -0.25) is 4.79 Å². The van der Waals surface area contributed by atoms with E-state index in [4.69, 9.17) is 4.74 Å². The Bertz CT molecular complexity index is 1040. The van der Waals surface area contributed by atoms with Crippen LogP contribution in [0.3, 0.4) is 0 Å². The van der Waals surface area contributed by atoms with Crippen molar-refractivity contribution < 1.29 is 23.1 Å². The van der Waals surface area contributed by atoms with Crippen molar-refractivity contribution in [2.75, 3.05) is 45.7 Å². The van der Waals surface area contributed by atoms with Crippen molar-refractivity contribution in [1.82, 2.24) is 9.21 Å². The second kappa shape index (κ2) is 9.78. The van der Waals surface area contributed by atoms with Gasteiger partial charge in [0, 0.05) is 39.3 Å². The summed E-state index contributed by atoms with van der Waals surface area (Å²) < 4.78 is 33.7. The summed E-state index contributed by atoms with van der Waals surface area (Å²) in [5, 5.41) is 11.5. The molecular formula is C22H31N3O5S2. The van der Waals surface area contributed by atoms with Crippen molar-refractivity contribution in [1.29, 1.82) is 0 Å². The summed E-state index contributed by atoms with van der Waals surface area (Å²) in [6.45, 7) is 4.03. The molecule has 2 aromatic rings. The molecule has 0 spiro atoms. The Morgan fingerprint density at radius 2 is 2.00 bits per heavy atom. The molecule has 1 aromatic heterocycles. The predicted octanol–water partition coefficient (Wildman–Crippen LogP) is 2.35. The molecule has 0 unspecified atom stereocenters. The molecule has 0 saturated carbocycles. The molecule has 1 aliphatic heterocycles. The van der Waals surface area contributed by atoms with Gasteiger partial charge in [0.1, 0.15) is 16.1 Å². The monoisotopic (exact) mass is 481 g/mol. The Balaban J connectivity index is 1.98. The molecule has 1 amide bonds. The van der Waals surface area contributed by atoms with Crippen LogP contribution in [0.25, 0.3) is 0 Å². The van der Waals surface area contributed by atoms with E-state index in [2.05, 4.69) is 0 Å². The van der Waals surface area contributed by atoms with E-state index in [9.17, 15) is 18.3 Å². The number of carbonyl (C=O) groups is 1. The van der Waals surface area contributed by atoms with Gasteiger partial charge in [-0.05, 0) is 36.6 Å². The summed E-state index contributed by atoms with van der Waals surface area (Å²) in [6.07, 6.45) is -0.486. The van der Waals surface area contributed by atoms with Gasteiger partial charge in [0.05, 0.1) is 24.8 Å². The summed E-state index contributed by atoms with van der Waals surface area (Å²) in [6, 6.07) is 8.30. The number of thiophene rings is 1. The van der Waals surface area contributed by atoms with Gasteiger partial charge in [0.15, 0.2) is 0 Å². The highest BCUT2D eigenvalue weighted by Crippen LogP contribution is 2.32. The maximum atomic E-state index is 13.4. The highest BCUT2D eigenvalue weighted by Gasteiger charge is 2.35. The van der Waals surface area contributed by atoms with Gasteiger partial charge in [-0.15, -0.1) is 11.3 Å². The lowest BCUT2D eigenvalue weighted by Gasteiger charge is -2.38. The van der Waals surface area contributed by atoms with Crippen LogP contribution in [0, 0.1) is 5.92 Å². The van der Waals surface area contributed by atoms with Crippen LogP contribution in [-0.4, -0.2) is 81.6 Å². The molecule has 8 nitrogen and oxygen atoms in total. The number of ether oxygens (including phenoxy) is 1. The van der Waals surface area contributed by atoms with Crippen molar-refractivity contribution in [3.8, 4) is 5.75 Å². The molecule has 1 N–H and O–H groups in total. The minimum atomic E-state index is -3.64. The van der Waals surface area contributed by atoms with Crippen LogP contribution in [0.2, 0.25) is 0 Å². The third-order valence-corrected chi connectivity index (χ3v) is 8.96. The first-order chi connectivity index (χ1) is 15.1. The first-order valence-corrected chi connectivity index (χ1v) is 12.8. The number of rotatable bonds is 7. The average Bonchev–Trinajstić information content (AvgIpc) is 3.31. The maximum absolute atomic E-state index is 13.4. The molecule has 1 aliphatic rings. The van der Waals surface area contributed by atoms with Crippen molar-refractivity contribution in [2.24, 2.45) is 5.92 Å². The molecule has 176 valence electrons. The van der Waals surface area contributed by atoms with E-state index in [1.807, 2.05) is 32.0 Å². The molecule has 0 saturated heterocycles. The molecular weight excluding hydrogens is 450 g/mol. The van der Waals surface area contributed by atoms with E-state index in [1.54, 1.807) is 48.5 Å². The summed E-state index contributed by atoms with van der Waals surface area (Å²) >= 11 is 1.17. The minimum absolute atomic E-state index is 0.131. The number of anilines is 1. The summed E-state index contributed by atoms with van der Waals surface area (Å²) in [5.41, 5.74) is 1.25. The number of benzene rings is 1. The number of carbonyl (C=O) groups excluding carboxylic acids is 1. The number of nitrogens with zero attached hydrogens (tertiary/aromatic N) is 3. The second-order valence-electron chi connectivity index (χ2n) is 8.42. The SMILES string of the molecule is C[C@@H]1CN([C@@H](C)CO)C(=O)c2cc(N(C)C)ccc2O[C@H]1CN(C)S(=O)(=O)c1cccs1. The first kappa shape index (κ1) is 24.5. The molecule has 2 heterocycles. The summed E-state index contributed by atoms with van der Waals surface area (Å²) in [7, 11) is 1.68. The second-order valence-corrected chi connectivity index (χ2v) is 11.6. The van der Waals surface area contributed by atoms with Gasteiger partial charge in [0.25, 0.3) is 15.9 Å². The van der Waals surface area contributed by atoms with Gasteiger partial charge < -0.3 is 19.6 Å². The molecule has 0 fully saturated rings. The Labute approximate surface area is 194 Å². The fraction of sp³-hybridized carbons (Fsp3) is 0.500. The molecule has 10 heteroatoms. The van der Waals surface area contributed by atoms with E-state index < -0.39 is 16.1 Å². The molecule has 3 rings (SSSR count). The highest BCUT2D eigenvalue weighted by molar-refractivity contribution is 7.91. The zero-order valence-electron chi connectivity index (χ0n) is 19.1. The number of sulfonamides is 1. The van der Waals surface area contributed by atoms with Gasteiger partial charge in [-0.2, -0.15) is 4.31 Å². The van der Waals surface area contributed by atoms with Gasteiger partial charge in [-0.1, -0.05) is 13.0 Å². The molecule has 1 aromatic carbocycles. The largest absolute Gasteiger partial charge is 0.488 e. The Morgan fingerprint density at radius 3 is 2.59 bits per heavy atom. The molecule has 32 heavy (non-hydrogen) atoms. The zero-order chi connectivity index (χ0) is 23.6. The van der Waals surface area contributed by atoms with Crippen LogP contribution >= 0.6 is 11.3 Å². The quantitative estimate of drug-likeness (QED) is 0.653. The van der Waals surface area contributed by atoms with Crippen molar-refractivity contribution in [3.05, 3.63) is 41.3 Å². The van der Waals surface area contributed by atoms with E-state index in [0.717, 1.165) is 5.69 Å². The van der Waals surface area contributed by atoms with Gasteiger partial charge in [0.2, 0.25) is 0 Å². The number of fused-ring (bicyclic) bond motifs is 1. The van der Waals surface area contributed by atoms with Crippen LogP contribution in [0.1, 0.15) is 24.2 Å². The number of hydrogen-bond acceptors (Lipinski definition) is 7. The van der Waals surface area contributed by atoms with Crippen molar-refractivity contribution in [3.63, 3.8) is 0 Å².